The summed E-state index contributed by atoms with van der Waals surface area (Å²) in [6, 6.07) is -6.90. The van der Waals surface area contributed by atoms with Gasteiger partial charge in [-0.1, -0.05) is 0 Å². The number of carboxylic acids is 4. The van der Waals surface area contributed by atoms with Gasteiger partial charge in [0.05, 0.1) is 26.4 Å². The number of nitrogens with one attached hydrogen (secondary N) is 3. The van der Waals surface area contributed by atoms with E-state index in [2.05, 4.69) is 26.2 Å². The average molecular weight is 1890 g/mol. The second-order valence-electron chi connectivity index (χ2n) is 27.0. The highest BCUT2D eigenvalue weighted by Gasteiger charge is 2.63. The zero-order chi connectivity index (χ0) is 91.7. The SMILES string of the molecule is CC(=O)N[C@@H]1[C@@H](O[C@H]2O[C@H](C(=O)O)[C@@H](O[C@H]3O[C@H](CO)[C@H](OS(=O)(=O)O)[C@H](O[C@@H]4O[C@H](C(=O)O)[C@@H](O[C@@H]5O[C@H](COS(=O)(=O)O)[C@H](O)[C@H](O[C@@H]6O[C@H](C(=O)O)[C@@H](O[C@@H]7O[C@H](COS(=O)(=O)O)[C@H](O)[C@H](OC8OC(C(=O)O)=C(O)C(O)C8O)[C@H]7NC(C)=O)[C@H](O)[C@H]6O)[C@H]5NC(C)=O)[C@H](O)[C@H]4O)[C@H]3O)[C@H](O)[C@H]2OS(=O)(=O)O)[C@@H](O)[C@@H](COS(=O)(=O)O)O[C@@H]1O. The van der Waals surface area contributed by atoms with Gasteiger partial charge in [0.1, 0.15) is 159 Å². The summed E-state index contributed by atoms with van der Waals surface area (Å²) in [6.45, 7) is -4.11. The second kappa shape index (κ2) is 40.5. The molecule has 63 nitrogen and oxygen atoms in total. The van der Waals surface area contributed by atoms with Crippen LogP contribution < -0.4 is 16.0 Å². The molecule has 38 atom stereocenters. The first kappa shape index (κ1) is 101. The molecule has 8 aliphatic rings. The molecule has 3 amide bonds. The third-order valence-electron chi connectivity index (χ3n) is 18.5. The van der Waals surface area contributed by atoms with Crippen molar-refractivity contribution in [3.05, 3.63) is 11.5 Å². The first-order valence-electron chi connectivity index (χ1n) is 34.2. The summed E-state index contributed by atoms with van der Waals surface area (Å²) in [5, 5.41) is 206. The van der Waals surface area contributed by atoms with Crippen LogP contribution in [0.2, 0.25) is 0 Å². The number of hydrogen-bond donors (Lipinski definition) is 26. The molecule has 0 aromatic heterocycles. The Morgan fingerprint density at radius 2 is 0.656 bits per heavy atom. The molecule has 68 heteroatoms. The van der Waals surface area contributed by atoms with Crippen LogP contribution in [0, 0.1) is 0 Å². The molecule has 7 saturated heterocycles. The molecule has 0 spiro atoms. The minimum absolute atomic E-state index is 0.654. The number of rotatable bonds is 35. The van der Waals surface area contributed by atoms with Crippen LogP contribution in [0.3, 0.4) is 0 Å². The standard InChI is InChI=1S/C54H81N3O60S5/c1-8(59)55-15-31(18(62)12(101-47(15)82)5-98-118(83,84)85)107-54-39(117-122(95,96)97)28(72)36(42(115-54)46(80)81)110-53-29(73)37(30(11(4-58)102-53)116-121(92,93)94)111-52-27(71)24(68)35(41(114-52)45(78)79)109-49-17(57-10(3)61)33(20(64)14(104-49)7-100-120(89,90)91)106-51-26(70)23(67)34(40(113-51)44(76)77)108-48-16(56-9(2)60)32(19(63)13(103-48)6-99-119(86,87)88)105-50-25(69)21(65)22(66)38(112-50)43(74)75/h11-21,23-37,39-42,47-54,58,62-73,82H,4-7H2,1-3H3,(H,55,59)(H,56,60)(H,57,61)(H,74,75)(H,76,77)(H,78,79)(H,80,81)(H,83,84,85)(H,86,87,88)(H,89,90,91)(H,92,93,94)(H,95,96,97)/t11-,12-,13-,14-,15-,16-,17-,18+,19+,20+,21?,23-,24-,25?,26-,27-,28+,29-,30+,31-,32-,33-,34+,35+,36+,37-,39-,40+,41+,42+,47+,48+,49+,50?,51-,52-,53-,54+/m1/s1. The van der Waals surface area contributed by atoms with Crippen molar-refractivity contribution in [3.63, 3.8) is 0 Å². The Bertz CT molecular complexity index is 4340. The molecule has 0 aliphatic carbocycles. The molecule has 8 heterocycles. The molecule has 8 aliphatic heterocycles. The lowest BCUT2D eigenvalue weighted by atomic mass is 9.93. The Kier molecular flexibility index (Phi) is 33.6. The molecular weight excluding hydrogens is 1810 g/mol. The van der Waals surface area contributed by atoms with Gasteiger partial charge in [-0.25, -0.2) is 40.1 Å². The van der Waals surface area contributed by atoms with Crippen molar-refractivity contribution in [1.82, 2.24) is 16.0 Å². The van der Waals surface area contributed by atoms with Crippen LogP contribution in [0.4, 0.5) is 0 Å². The van der Waals surface area contributed by atoms with E-state index in [9.17, 15) is 186 Å². The zero-order valence-electron chi connectivity index (χ0n) is 61.2. The van der Waals surface area contributed by atoms with Gasteiger partial charge in [-0.3, -0.25) is 37.1 Å². The highest BCUT2D eigenvalue weighted by molar-refractivity contribution is 7.81. The van der Waals surface area contributed by atoms with Crippen LogP contribution in [-0.4, -0.2) is 458 Å². The van der Waals surface area contributed by atoms with Crippen LogP contribution in [-0.2, 0) is 178 Å². The van der Waals surface area contributed by atoms with Crippen molar-refractivity contribution in [2.75, 3.05) is 26.4 Å². The molecule has 0 aromatic carbocycles. The largest absolute Gasteiger partial charge is 0.506 e. The number of carboxylic acid groups (broad SMARTS) is 4. The quantitative estimate of drug-likeness (QED) is 0.0262. The normalized spacial score (nSPS) is 41.4. The van der Waals surface area contributed by atoms with Gasteiger partial charge in [-0.05, 0) is 0 Å². The molecular formula is C54H81N3O60S5. The smallest absolute Gasteiger partial charge is 0.397 e. The summed E-state index contributed by atoms with van der Waals surface area (Å²) in [4.78, 5) is 89.8. The molecule has 3 unspecified atom stereocenters. The summed E-state index contributed by atoms with van der Waals surface area (Å²) in [5.41, 5.74) is 0. The van der Waals surface area contributed by atoms with Gasteiger partial charge in [0.25, 0.3) is 0 Å². The Labute approximate surface area is 681 Å². The molecule has 8 rings (SSSR count). The van der Waals surface area contributed by atoms with Gasteiger partial charge in [0, 0.05) is 20.8 Å². The van der Waals surface area contributed by atoms with Crippen molar-refractivity contribution in [3.8, 4) is 0 Å². The van der Waals surface area contributed by atoms with E-state index >= 15 is 0 Å². The van der Waals surface area contributed by atoms with E-state index < -0.39 is 365 Å². The second-order valence-corrected chi connectivity index (χ2v) is 32.4. The van der Waals surface area contributed by atoms with E-state index in [-0.39, 0.29) is 0 Å². The maximum Gasteiger partial charge on any atom is 0.397 e. The van der Waals surface area contributed by atoms with Crippen LogP contribution in [0.15, 0.2) is 11.5 Å². The lowest BCUT2D eigenvalue weighted by Crippen LogP contribution is -2.71. The van der Waals surface area contributed by atoms with Crippen LogP contribution in [0.5, 0.6) is 0 Å². The molecule has 0 radical (unpaired) electrons. The van der Waals surface area contributed by atoms with E-state index in [0.29, 0.717) is 6.92 Å². The van der Waals surface area contributed by atoms with E-state index in [1.54, 1.807) is 0 Å². The lowest BCUT2D eigenvalue weighted by Gasteiger charge is -2.50. The van der Waals surface area contributed by atoms with Gasteiger partial charge < -0.3 is 179 Å². The summed E-state index contributed by atoms with van der Waals surface area (Å²) < 4.78 is 272. The monoisotopic (exact) mass is 1890 g/mol. The summed E-state index contributed by atoms with van der Waals surface area (Å²) in [7, 11) is -28.7. The van der Waals surface area contributed by atoms with Crippen molar-refractivity contribution in [2.24, 2.45) is 0 Å². The lowest BCUT2D eigenvalue weighted by molar-refractivity contribution is -0.386. The van der Waals surface area contributed by atoms with Gasteiger partial charge in [-0.15, -0.1) is 0 Å². The number of carbonyl (C=O) groups excluding carboxylic acids is 3. The number of aliphatic hydroxyl groups is 14. The maximum absolute atomic E-state index is 13.4. The fourth-order valence-corrected chi connectivity index (χ4v) is 15.2. The van der Waals surface area contributed by atoms with Crippen molar-refractivity contribution in [1.29, 1.82) is 0 Å². The van der Waals surface area contributed by atoms with Gasteiger partial charge in [0.15, 0.2) is 74.2 Å². The number of aliphatic carboxylic acids is 4. The predicted octanol–water partition coefficient (Wildman–Crippen LogP) is -17.5. The molecule has 702 valence electrons. The van der Waals surface area contributed by atoms with E-state index in [1.165, 1.54) is 0 Å². The first-order valence-corrected chi connectivity index (χ1v) is 41.0. The van der Waals surface area contributed by atoms with Crippen LogP contribution >= 0.6 is 0 Å². The van der Waals surface area contributed by atoms with E-state index in [4.69, 9.17) is 75.6 Å². The summed E-state index contributed by atoms with van der Waals surface area (Å²) >= 11 is 0. The molecule has 0 aromatic rings. The topological polar surface area (TPSA) is 976 Å². The number of carbonyl (C=O) groups is 7. The first-order chi connectivity index (χ1) is 56.2. The van der Waals surface area contributed by atoms with Crippen LogP contribution in [0.1, 0.15) is 20.8 Å². The Morgan fingerprint density at radius 1 is 0.336 bits per heavy atom. The Hall–Kier alpha value is -6.10. The highest BCUT2D eigenvalue weighted by atomic mass is 32.3. The van der Waals surface area contributed by atoms with Gasteiger partial charge >= 0.3 is 75.9 Å². The molecule has 0 saturated carbocycles. The fraction of sp³-hybridized carbons (Fsp3) is 0.833. The number of aliphatic hydroxyl groups excluding tert-OH is 14. The molecule has 26 N–H and O–H groups in total. The van der Waals surface area contributed by atoms with E-state index in [1.807, 2.05) is 10.6 Å². The highest BCUT2D eigenvalue weighted by Crippen LogP contribution is 2.41. The summed E-state index contributed by atoms with van der Waals surface area (Å²) in [6.07, 6.45) is -96.0. The minimum Gasteiger partial charge on any atom is -0.506 e. The molecule has 122 heavy (non-hydrogen) atoms. The third-order valence-corrected chi connectivity index (χ3v) is 20.7. The summed E-state index contributed by atoms with van der Waals surface area (Å²) in [5.74, 6) is -15.8. The molecule has 0 bridgehead atoms. The number of hydrogen-bond acceptors (Lipinski definition) is 51. The van der Waals surface area contributed by atoms with Gasteiger partial charge in [0.2, 0.25) is 29.8 Å². The van der Waals surface area contributed by atoms with Crippen LogP contribution in [0.25, 0.3) is 0 Å². The van der Waals surface area contributed by atoms with Crippen molar-refractivity contribution >= 4 is 93.6 Å². The molecule has 7 fully saturated rings. The Balaban J connectivity index is 1.08. The average Bonchev–Trinajstić information content (AvgIpc) is 0.761. The van der Waals surface area contributed by atoms with E-state index in [0.717, 1.165) is 13.8 Å². The predicted molar refractivity (Wildman–Crippen MR) is 353 cm³/mol. The fourth-order valence-electron chi connectivity index (χ4n) is 13.3. The third kappa shape index (κ3) is 25.2. The maximum atomic E-state index is 13.4. The van der Waals surface area contributed by atoms with Crippen molar-refractivity contribution in [2.45, 2.75) is 254 Å². The Morgan fingerprint density at radius 3 is 1.03 bits per heavy atom. The van der Waals surface area contributed by atoms with Crippen molar-refractivity contribution < 1.29 is 282 Å². The van der Waals surface area contributed by atoms with Gasteiger partial charge in [-0.2, -0.15) is 42.1 Å². The number of amides is 3. The minimum atomic E-state index is -6.04. The number of ether oxygens (including phenoxy) is 15. The zero-order valence-corrected chi connectivity index (χ0v) is 65.3.